The van der Waals surface area contributed by atoms with Gasteiger partial charge in [0, 0.05) is 16.1 Å². The third kappa shape index (κ3) is 4.55. The molecule has 0 aliphatic rings. The Morgan fingerprint density at radius 3 is 2.52 bits per heavy atom. The average molecular weight is 371 g/mol. The Labute approximate surface area is 163 Å². The monoisotopic (exact) mass is 370 g/mol. The fourth-order valence-electron chi connectivity index (χ4n) is 2.59. The molecule has 3 aromatic rings. The van der Waals surface area contributed by atoms with E-state index in [1.54, 1.807) is 24.3 Å². The van der Waals surface area contributed by atoms with Gasteiger partial charge in [-0.25, -0.2) is 0 Å². The predicted octanol–water partition coefficient (Wildman–Crippen LogP) is 5.85. The lowest BCUT2D eigenvalue weighted by Gasteiger charge is -2.11. The molecule has 0 amide bonds. The van der Waals surface area contributed by atoms with Crippen molar-refractivity contribution < 1.29 is 4.74 Å². The molecule has 0 aliphatic carbocycles. The highest BCUT2D eigenvalue weighted by atomic mass is 35.5. The zero-order chi connectivity index (χ0) is 19.1. The molecule has 0 spiro atoms. The molecule has 0 bridgehead atoms. The standard InChI is InChI=1S/C23H15ClN2O/c24-22-10-3-1-8-20(22)16-27-23-11-4-2-7-19(23)13-21(15-26)18-9-5-6-17(12-18)14-25/h1-13H,16H2/b21-13+. The summed E-state index contributed by atoms with van der Waals surface area (Å²) in [5.41, 5.74) is 3.33. The van der Waals surface area contributed by atoms with Gasteiger partial charge in [-0.3, -0.25) is 0 Å². The van der Waals surface area contributed by atoms with E-state index in [1.165, 1.54) is 0 Å². The van der Waals surface area contributed by atoms with Crippen LogP contribution in [-0.4, -0.2) is 0 Å². The van der Waals surface area contributed by atoms with Crippen LogP contribution in [0, 0.1) is 22.7 Å². The van der Waals surface area contributed by atoms with Gasteiger partial charge in [0.25, 0.3) is 0 Å². The summed E-state index contributed by atoms with van der Waals surface area (Å²) >= 11 is 6.18. The molecule has 0 N–H and O–H groups in total. The number of benzene rings is 3. The largest absolute Gasteiger partial charge is 0.488 e. The minimum absolute atomic E-state index is 0.330. The molecular weight excluding hydrogens is 356 g/mol. The van der Waals surface area contributed by atoms with E-state index >= 15 is 0 Å². The molecule has 0 saturated heterocycles. The molecule has 0 aromatic heterocycles. The van der Waals surface area contributed by atoms with E-state index in [2.05, 4.69) is 12.1 Å². The molecule has 0 atom stereocenters. The van der Waals surface area contributed by atoms with Gasteiger partial charge in [-0.1, -0.05) is 60.1 Å². The number of nitrogens with zero attached hydrogens (tertiary/aromatic N) is 2. The predicted molar refractivity (Wildman–Crippen MR) is 107 cm³/mol. The summed E-state index contributed by atoms with van der Waals surface area (Å²) in [6.07, 6.45) is 1.76. The van der Waals surface area contributed by atoms with Crippen LogP contribution in [-0.2, 0) is 6.61 Å². The molecule has 4 heteroatoms. The Morgan fingerprint density at radius 1 is 0.963 bits per heavy atom. The van der Waals surface area contributed by atoms with Gasteiger partial charge in [0.05, 0.1) is 23.3 Å². The molecule has 0 aliphatic heterocycles. The summed E-state index contributed by atoms with van der Waals surface area (Å²) in [6.45, 7) is 0.330. The van der Waals surface area contributed by atoms with Gasteiger partial charge in [-0.05, 0) is 35.9 Å². The van der Waals surface area contributed by atoms with Crippen molar-refractivity contribution in [3.63, 3.8) is 0 Å². The lowest BCUT2D eigenvalue weighted by atomic mass is 10.0. The van der Waals surface area contributed by atoms with Gasteiger partial charge in [0.15, 0.2) is 0 Å². The number of rotatable bonds is 5. The van der Waals surface area contributed by atoms with Crippen molar-refractivity contribution in [2.45, 2.75) is 6.61 Å². The molecule has 0 radical (unpaired) electrons. The van der Waals surface area contributed by atoms with Crippen LogP contribution in [0.1, 0.15) is 22.3 Å². The first-order chi connectivity index (χ1) is 13.2. The van der Waals surface area contributed by atoms with Crippen molar-refractivity contribution in [2.75, 3.05) is 0 Å². The van der Waals surface area contributed by atoms with E-state index in [0.29, 0.717) is 34.1 Å². The van der Waals surface area contributed by atoms with E-state index in [1.807, 2.05) is 54.6 Å². The highest BCUT2D eigenvalue weighted by molar-refractivity contribution is 6.31. The highest BCUT2D eigenvalue weighted by Gasteiger charge is 2.07. The van der Waals surface area contributed by atoms with Gasteiger partial charge in [0.2, 0.25) is 0 Å². The van der Waals surface area contributed by atoms with Crippen molar-refractivity contribution in [2.24, 2.45) is 0 Å². The SMILES string of the molecule is N#C/C(=C\c1ccccc1OCc1ccccc1Cl)c1cccc(C#N)c1. The molecular formula is C23H15ClN2O. The number of allylic oxidation sites excluding steroid dienone is 1. The number of halogens is 1. The van der Waals surface area contributed by atoms with Crippen LogP contribution in [0.25, 0.3) is 11.6 Å². The van der Waals surface area contributed by atoms with Crippen LogP contribution < -0.4 is 4.74 Å². The second-order valence-corrected chi connectivity index (χ2v) is 6.19. The lowest BCUT2D eigenvalue weighted by molar-refractivity contribution is 0.305. The highest BCUT2D eigenvalue weighted by Crippen LogP contribution is 2.26. The van der Waals surface area contributed by atoms with Crippen molar-refractivity contribution in [3.8, 4) is 17.9 Å². The van der Waals surface area contributed by atoms with Crippen LogP contribution in [0.5, 0.6) is 5.75 Å². The third-order valence-corrected chi connectivity index (χ3v) is 4.35. The Morgan fingerprint density at radius 2 is 1.74 bits per heavy atom. The summed E-state index contributed by atoms with van der Waals surface area (Å²) in [6, 6.07) is 26.3. The van der Waals surface area contributed by atoms with Gasteiger partial charge in [-0.2, -0.15) is 10.5 Å². The summed E-state index contributed by atoms with van der Waals surface area (Å²) < 4.78 is 5.94. The molecule has 0 heterocycles. The first-order valence-corrected chi connectivity index (χ1v) is 8.66. The Bertz CT molecular complexity index is 1070. The van der Waals surface area contributed by atoms with Crippen LogP contribution in [0.3, 0.4) is 0 Å². The Hall–Kier alpha value is -3.53. The van der Waals surface area contributed by atoms with Crippen LogP contribution in [0.4, 0.5) is 0 Å². The minimum Gasteiger partial charge on any atom is -0.488 e. The maximum absolute atomic E-state index is 9.58. The van der Waals surface area contributed by atoms with E-state index < -0.39 is 0 Å². The smallest absolute Gasteiger partial charge is 0.127 e. The van der Waals surface area contributed by atoms with Crippen molar-refractivity contribution in [1.82, 2.24) is 0 Å². The zero-order valence-corrected chi connectivity index (χ0v) is 15.1. The van der Waals surface area contributed by atoms with Crippen LogP contribution in [0.2, 0.25) is 5.02 Å². The quantitative estimate of drug-likeness (QED) is 0.417. The van der Waals surface area contributed by atoms with Gasteiger partial charge in [-0.15, -0.1) is 0 Å². The Kier molecular flexibility index (Phi) is 5.90. The molecule has 130 valence electrons. The molecule has 0 fully saturated rings. The second-order valence-electron chi connectivity index (χ2n) is 5.78. The topological polar surface area (TPSA) is 56.8 Å². The number of hydrogen-bond acceptors (Lipinski definition) is 3. The fraction of sp³-hybridized carbons (Fsp3) is 0.0435. The summed E-state index contributed by atoms with van der Waals surface area (Å²) in [5, 5.41) is 19.3. The fourth-order valence-corrected chi connectivity index (χ4v) is 2.78. The average Bonchev–Trinajstić information content (AvgIpc) is 2.72. The normalized spacial score (nSPS) is 10.7. The molecule has 27 heavy (non-hydrogen) atoms. The molecule has 0 saturated carbocycles. The first kappa shape index (κ1) is 18.3. The third-order valence-electron chi connectivity index (χ3n) is 3.98. The molecule has 0 unspecified atom stereocenters. The number of para-hydroxylation sites is 1. The van der Waals surface area contributed by atoms with Gasteiger partial charge in [0.1, 0.15) is 12.4 Å². The maximum atomic E-state index is 9.58. The van der Waals surface area contributed by atoms with Gasteiger partial charge < -0.3 is 4.74 Å². The van der Waals surface area contributed by atoms with Gasteiger partial charge >= 0.3 is 0 Å². The van der Waals surface area contributed by atoms with Crippen LogP contribution in [0.15, 0.2) is 72.8 Å². The molecule has 3 aromatic carbocycles. The van der Waals surface area contributed by atoms with Crippen molar-refractivity contribution in [1.29, 1.82) is 10.5 Å². The summed E-state index contributed by atoms with van der Waals surface area (Å²) in [7, 11) is 0. The van der Waals surface area contributed by atoms with E-state index in [4.69, 9.17) is 21.6 Å². The van der Waals surface area contributed by atoms with E-state index in [9.17, 15) is 5.26 Å². The molecule has 3 rings (SSSR count). The minimum atomic E-state index is 0.330. The second kappa shape index (κ2) is 8.72. The lowest BCUT2D eigenvalue weighted by Crippen LogP contribution is -1.97. The van der Waals surface area contributed by atoms with E-state index in [0.717, 1.165) is 11.1 Å². The number of hydrogen-bond donors (Lipinski definition) is 0. The van der Waals surface area contributed by atoms with Crippen LogP contribution >= 0.6 is 11.6 Å². The number of nitriles is 2. The first-order valence-electron chi connectivity index (χ1n) is 8.29. The summed E-state index contributed by atoms with van der Waals surface area (Å²) in [4.78, 5) is 0. The van der Waals surface area contributed by atoms with E-state index in [-0.39, 0.29) is 0 Å². The number of ether oxygens (including phenoxy) is 1. The molecule has 3 nitrogen and oxygen atoms in total. The Balaban J connectivity index is 1.90. The summed E-state index contributed by atoms with van der Waals surface area (Å²) in [5.74, 6) is 0.654. The van der Waals surface area contributed by atoms with Crippen molar-refractivity contribution in [3.05, 3.63) is 100 Å². The maximum Gasteiger partial charge on any atom is 0.127 e. The van der Waals surface area contributed by atoms with Crippen molar-refractivity contribution >= 4 is 23.3 Å². The zero-order valence-electron chi connectivity index (χ0n) is 14.4.